The highest BCUT2D eigenvalue weighted by Crippen LogP contribution is 2.28. The van der Waals surface area contributed by atoms with E-state index in [4.69, 9.17) is 4.74 Å². The third-order valence-corrected chi connectivity index (χ3v) is 6.98. The van der Waals surface area contributed by atoms with Gasteiger partial charge in [-0.25, -0.2) is 0 Å². The molecule has 31 heavy (non-hydrogen) atoms. The number of benzene rings is 3. The van der Waals surface area contributed by atoms with Gasteiger partial charge in [-0.1, -0.05) is 42.5 Å². The first-order chi connectivity index (χ1) is 15.3. The van der Waals surface area contributed by atoms with E-state index >= 15 is 0 Å². The van der Waals surface area contributed by atoms with Gasteiger partial charge < -0.3 is 15.0 Å². The molecule has 0 aromatic heterocycles. The summed E-state index contributed by atoms with van der Waals surface area (Å²) in [4.78, 5) is 5.16. The van der Waals surface area contributed by atoms with Crippen LogP contribution in [0.3, 0.4) is 0 Å². The molecule has 3 aromatic rings. The van der Waals surface area contributed by atoms with Crippen LogP contribution in [0.15, 0.2) is 60.7 Å². The number of aryl methyl sites for hydroxylation is 1. The minimum absolute atomic E-state index is 0.580. The number of fused-ring (bicyclic) bond motifs is 2. The monoisotopic (exact) mass is 415 g/mol. The highest BCUT2D eigenvalue weighted by molar-refractivity contribution is 5.94. The maximum atomic E-state index is 5.41. The van der Waals surface area contributed by atoms with E-state index in [0.29, 0.717) is 6.04 Å². The SMILES string of the molecule is COc1ccc2c(c1)CC(NCCN1CCN(c3cccc4ccccc34)CC1)CC2. The van der Waals surface area contributed by atoms with Gasteiger partial charge in [-0.15, -0.1) is 0 Å². The first-order valence-corrected chi connectivity index (χ1v) is 11.6. The van der Waals surface area contributed by atoms with E-state index in [1.807, 2.05) is 0 Å². The van der Waals surface area contributed by atoms with Crippen molar-refractivity contribution in [3.63, 3.8) is 0 Å². The number of rotatable bonds is 6. The van der Waals surface area contributed by atoms with Crippen LogP contribution in [0.4, 0.5) is 5.69 Å². The molecule has 1 N–H and O–H groups in total. The first kappa shape index (κ1) is 20.3. The van der Waals surface area contributed by atoms with E-state index in [1.165, 1.54) is 40.4 Å². The van der Waals surface area contributed by atoms with Crippen molar-refractivity contribution < 1.29 is 4.74 Å². The minimum atomic E-state index is 0.580. The third-order valence-electron chi connectivity index (χ3n) is 6.98. The zero-order valence-electron chi connectivity index (χ0n) is 18.5. The van der Waals surface area contributed by atoms with Gasteiger partial charge in [0, 0.05) is 56.4 Å². The largest absolute Gasteiger partial charge is 0.497 e. The average Bonchev–Trinajstić information content (AvgIpc) is 2.83. The van der Waals surface area contributed by atoms with Crippen molar-refractivity contribution in [1.29, 1.82) is 0 Å². The molecule has 4 heteroatoms. The van der Waals surface area contributed by atoms with Crippen molar-refractivity contribution >= 4 is 16.5 Å². The molecule has 1 saturated heterocycles. The maximum Gasteiger partial charge on any atom is 0.119 e. The van der Waals surface area contributed by atoms with Crippen LogP contribution in [0, 0.1) is 0 Å². The summed E-state index contributed by atoms with van der Waals surface area (Å²) in [5.41, 5.74) is 4.32. The second kappa shape index (κ2) is 9.29. The van der Waals surface area contributed by atoms with Crippen LogP contribution in [0.2, 0.25) is 0 Å². The third kappa shape index (κ3) is 4.56. The average molecular weight is 416 g/mol. The Bertz CT molecular complexity index is 1020. The molecule has 162 valence electrons. The molecule has 1 heterocycles. The zero-order valence-corrected chi connectivity index (χ0v) is 18.5. The summed E-state index contributed by atoms with van der Waals surface area (Å²) in [6, 6.07) is 22.5. The lowest BCUT2D eigenvalue weighted by Crippen LogP contribution is -2.49. The Balaban J connectivity index is 1.10. The van der Waals surface area contributed by atoms with Crippen LogP contribution >= 0.6 is 0 Å². The Morgan fingerprint density at radius 2 is 1.77 bits per heavy atom. The molecule has 0 bridgehead atoms. The van der Waals surface area contributed by atoms with Crippen molar-refractivity contribution in [3.8, 4) is 5.75 Å². The molecular weight excluding hydrogens is 382 g/mol. The Hall–Kier alpha value is -2.56. The van der Waals surface area contributed by atoms with Crippen molar-refractivity contribution in [3.05, 3.63) is 71.8 Å². The van der Waals surface area contributed by atoms with E-state index in [1.54, 1.807) is 7.11 Å². The predicted octanol–water partition coefficient (Wildman–Crippen LogP) is 4.12. The second-order valence-electron chi connectivity index (χ2n) is 8.86. The lowest BCUT2D eigenvalue weighted by atomic mass is 9.88. The van der Waals surface area contributed by atoms with Crippen LogP contribution in [-0.2, 0) is 12.8 Å². The molecule has 0 saturated carbocycles. The fraction of sp³-hybridized carbons (Fsp3) is 0.407. The van der Waals surface area contributed by atoms with Gasteiger partial charge in [-0.05, 0) is 54.0 Å². The number of methoxy groups -OCH3 is 1. The van der Waals surface area contributed by atoms with E-state index in [-0.39, 0.29) is 0 Å². The van der Waals surface area contributed by atoms with Gasteiger partial charge in [0.05, 0.1) is 7.11 Å². The summed E-state index contributed by atoms with van der Waals surface area (Å²) in [7, 11) is 1.75. The molecule has 1 aliphatic carbocycles. The second-order valence-corrected chi connectivity index (χ2v) is 8.86. The molecule has 0 spiro atoms. The number of ether oxygens (including phenoxy) is 1. The summed E-state index contributed by atoms with van der Waals surface area (Å²) in [6.07, 6.45) is 3.51. The summed E-state index contributed by atoms with van der Waals surface area (Å²) >= 11 is 0. The number of piperazine rings is 1. The van der Waals surface area contributed by atoms with Crippen molar-refractivity contribution in [2.75, 3.05) is 51.3 Å². The molecule has 1 atom stereocenters. The normalized spacial score (nSPS) is 19.4. The molecule has 0 radical (unpaired) electrons. The summed E-state index contributed by atoms with van der Waals surface area (Å²) in [5.74, 6) is 0.975. The number of nitrogens with one attached hydrogen (secondary N) is 1. The number of nitrogens with zero attached hydrogens (tertiary/aromatic N) is 2. The van der Waals surface area contributed by atoms with Gasteiger partial charge in [-0.3, -0.25) is 4.90 Å². The van der Waals surface area contributed by atoms with Crippen LogP contribution < -0.4 is 15.0 Å². The number of hydrogen-bond donors (Lipinski definition) is 1. The lowest BCUT2D eigenvalue weighted by Gasteiger charge is -2.37. The van der Waals surface area contributed by atoms with E-state index < -0.39 is 0 Å². The van der Waals surface area contributed by atoms with Gasteiger partial charge >= 0.3 is 0 Å². The Morgan fingerprint density at radius 1 is 0.935 bits per heavy atom. The van der Waals surface area contributed by atoms with Gasteiger partial charge in [0.2, 0.25) is 0 Å². The molecule has 2 aliphatic rings. The molecule has 4 nitrogen and oxygen atoms in total. The first-order valence-electron chi connectivity index (χ1n) is 11.6. The molecule has 1 aliphatic heterocycles. The predicted molar refractivity (Wildman–Crippen MR) is 129 cm³/mol. The van der Waals surface area contributed by atoms with Gasteiger partial charge in [0.25, 0.3) is 0 Å². The highest BCUT2D eigenvalue weighted by atomic mass is 16.5. The molecular formula is C27H33N3O. The van der Waals surface area contributed by atoms with Crippen molar-refractivity contribution in [1.82, 2.24) is 10.2 Å². The Morgan fingerprint density at radius 3 is 2.65 bits per heavy atom. The van der Waals surface area contributed by atoms with Crippen molar-refractivity contribution in [2.45, 2.75) is 25.3 Å². The topological polar surface area (TPSA) is 27.7 Å². The zero-order chi connectivity index (χ0) is 21.0. The van der Waals surface area contributed by atoms with Gasteiger partial charge in [-0.2, -0.15) is 0 Å². The standard InChI is InChI=1S/C27H33N3O/c1-31-25-12-10-21-9-11-24(19-23(21)20-25)28-13-14-29-15-17-30(18-16-29)27-8-4-6-22-5-2-3-7-26(22)27/h2-8,10,12,20,24,28H,9,11,13-19H2,1H3. The molecule has 1 fully saturated rings. The van der Waals surface area contributed by atoms with E-state index in [2.05, 4.69) is 75.8 Å². The van der Waals surface area contributed by atoms with E-state index in [9.17, 15) is 0 Å². The van der Waals surface area contributed by atoms with Crippen LogP contribution in [0.25, 0.3) is 10.8 Å². The number of hydrogen-bond acceptors (Lipinski definition) is 4. The van der Waals surface area contributed by atoms with Gasteiger partial charge in [0.1, 0.15) is 5.75 Å². The highest BCUT2D eigenvalue weighted by Gasteiger charge is 2.21. The smallest absolute Gasteiger partial charge is 0.119 e. The number of anilines is 1. The summed E-state index contributed by atoms with van der Waals surface area (Å²) < 4.78 is 5.41. The van der Waals surface area contributed by atoms with E-state index in [0.717, 1.165) is 51.4 Å². The molecule has 5 rings (SSSR count). The van der Waals surface area contributed by atoms with Crippen molar-refractivity contribution in [2.24, 2.45) is 0 Å². The van der Waals surface area contributed by atoms with Gasteiger partial charge in [0.15, 0.2) is 0 Å². The fourth-order valence-corrected chi connectivity index (χ4v) is 5.16. The molecule has 1 unspecified atom stereocenters. The summed E-state index contributed by atoms with van der Waals surface area (Å²) in [6.45, 7) is 6.67. The molecule has 3 aromatic carbocycles. The Kier molecular flexibility index (Phi) is 6.10. The Labute approximate surface area is 185 Å². The quantitative estimate of drug-likeness (QED) is 0.656. The van der Waals surface area contributed by atoms with Crippen LogP contribution in [-0.4, -0.2) is 57.3 Å². The maximum absolute atomic E-state index is 5.41. The molecule has 0 amide bonds. The lowest BCUT2D eigenvalue weighted by molar-refractivity contribution is 0.252. The van der Waals surface area contributed by atoms with Crippen LogP contribution in [0.1, 0.15) is 17.5 Å². The minimum Gasteiger partial charge on any atom is -0.497 e. The summed E-state index contributed by atoms with van der Waals surface area (Å²) in [5, 5.41) is 6.52. The van der Waals surface area contributed by atoms with Crippen LogP contribution in [0.5, 0.6) is 5.75 Å². The fourth-order valence-electron chi connectivity index (χ4n) is 5.16.